The molecule has 30 heavy (non-hydrogen) atoms. The van der Waals surface area contributed by atoms with Gasteiger partial charge >= 0.3 is 6.18 Å². The molecule has 3 rings (SSSR count). The predicted octanol–water partition coefficient (Wildman–Crippen LogP) is 3.32. The molecule has 1 N–H and O–H groups in total. The summed E-state index contributed by atoms with van der Waals surface area (Å²) in [5, 5.41) is 9.52. The van der Waals surface area contributed by atoms with E-state index in [-0.39, 0.29) is 6.10 Å². The Hall–Kier alpha value is -1.51. The molecule has 0 aliphatic carbocycles. The summed E-state index contributed by atoms with van der Waals surface area (Å²) >= 11 is 0. The fourth-order valence-electron chi connectivity index (χ4n) is 4.52. The third-order valence-corrected chi connectivity index (χ3v) is 6.30. The van der Waals surface area contributed by atoms with Crippen LogP contribution < -0.4 is 9.64 Å². The van der Waals surface area contributed by atoms with Crippen LogP contribution in [0.15, 0.2) is 18.2 Å². The molecule has 0 aromatic heterocycles. The van der Waals surface area contributed by atoms with Gasteiger partial charge in [0.1, 0.15) is 5.75 Å². The first-order valence-corrected chi connectivity index (χ1v) is 10.9. The minimum Gasteiger partial charge on any atom is -0.495 e. The standard InChI is InChI=1S/C22H34F3N3O2/c1-17(29)16-27-9-6-18(7-10-27)5-8-26-11-13-28(14-12-26)20-15-19(22(23,24)25)3-4-21(20)30-2/h3-4,15,17-18,29H,5-14,16H2,1-2H3. The lowest BCUT2D eigenvalue weighted by Gasteiger charge is -2.38. The van der Waals surface area contributed by atoms with Crippen LogP contribution in [0.1, 0.15) is 31.7 Å². The van der Waals surface area contributed by atoms with E-state index in [1.807, 2.05) is 11.8 Å². The number of alkyl halides is 3. The van der Waals surface area contributed by atoms with Crippen LogP contribution >= 0.6 is 0 Å². The quantitative estimate of drug-likeness (QED) is 0.720. The number of likely N-dealkylation sites (tertiary alicyclic amines) is 1. The van der Waals surface area contributed by atoms with E-state index in [9.17, 15) is 18.3 Å². The Kier molecular flexibility index (Phi) is 7.87. The van der Waals surface area contributed by atoms with Crippen molar-refractivity contribution in [3.63, 3.8) is 0 Å². The number of halogens is 3. The molecule has 0 radical (unpaired) electrons. The maximum absolute atomic E-state index is 13.1. The summed E-state index contributed by atoms with van der Waals surface area (Å²) in [5.74, 6) is 1.21. The number of ether oxygens (including phenoxy) is 1. The van der Waals surface area contributed by atoms with Crippen molar-refractivity contribution in [3.8, 4) is 5.75 Å². The number of hydrogen-bond acceptors (Lipinski definition) is 5. The van der Waals surface area contributed by atoms with Gasteiger partial charge in [0.15, 0.2) is 0 Å². The first-order chi connectivity index (χ1) is 14.3. The highest BCUT2D eigenvalue weighted by Crippen LogP contribution is 2.37. The van der Waals surface area contributed by atoms with E-state index in [0.29, 0.717) is 24.5 Å². The fourth-order valence-corrected chi connectivity index (χ4v) is 4.52. The van der Waals surface area contributed by atoms with Crippen LogP contribution in [-0.2, 0) is 6.18 Å². The van der Waals surface area contributed by atoms with E-state index in [1.165, 1.54) is 32.1 Å². The molecule has 2 heterocycles. The largest absolute Gasteiger partial charge is 0.495 e. The number of piperidine rings is 1. The normalized spacial score (nSPS) is 21.1. The van der Waals surface area contributed by atoms with Gasteiger partial charge in [-0.25, -0.2) is 0 Å². The van der Waals surface area contributed by atoms with E-state index < -0.39 is 11.7 Å². The van der Waals surface area contributed by atoms with Gasteiger partial charge < -0.3 is 19.6 Å². The molecular weight excluding hydrogens is 395 g/mol. The van der Waals surface area contributed by atoms with Crippen LogP contribution in [0.3, 0.4) is 0 Å². The Morgan fingerprint density at radius 2 is 1.73 bits per heavy atom. The molecule has 2 aliphatic heterocycles. The molecule has 0 saturated carbocycles. The summed E-state index contributed by atoms with van der Waals surface area (Å²) in [5.41, 5.74) is -0.111. The molecule has 2 saturated heterocycles. The van der Waals surface area contributed by atoms with Gasteiger partial charge in [0, 0.05) is 32.7 Å². The van der Waals surface area contributed by atoms with Gasteiger partial charge in [-0.3, -0.25) is 4.90 Å². The van der Waals surface area contributed by atoms with Crippen molar-refractivity contribution in [2.24, 2.45) is 5.92 Å². The molecule has 0 spiro atoms. The van der Waals surface area contributed by atoms with Crippen LogP contribution in [0.25, 0.3) is 0 Å². The molecule has 0 amide bonds. The first-order valence-electron chi connectivity index (χ1n) is 10.9. The van der Waals surface area contributed by atoms with Crippen molar-refractivity contribution in [2.75, 3.05) is 64.4 Å². The minimum atomic E-state index is -4.35. The Morgan fingerprint density at radius 3 is 2.30 bits per heavy atom. The molecule has 1 aromatic carbocycles. The number of aliphatic hydroxyl groups is 1. The van der Waals surface area contributed by atoms with Crippen LogP contribution in [0.2, 0.25) is 0 Å². The lowest BCUT2D eigenvalue weighted by atomic mass is 9.93. The van der Waals surface area contributed by atoms with Gasteiger partial charge in [-0.1, -0.05) is 0 Å². The lowest BCUT2D eigenvalue weighted by molar-refractivity contribution is -0.137. The average Bonchev–Trinajstić information content (AvgIpc) is 2.72. The van der Waals surface area contributed by atoms with Crippen molar-refractivity contribution in [1.82, 2.24) is 9.80 Å². The van der Waals surface area contributed by atoms with Gasteiger partial charge in [-0.2, -0.15) is 13.2 Å². The summed E-state index contributed by atoms with van der Waals surface area (Å²) in [4.78, 5) is 6.75. The first kappa shape index (κ1) is 23.2. The number of nitrogens with zero attached hydrogens (tertiary/aromatic N) is 3. The number of aliphatic hydroxyl groups excluding tert-OH is 1. The SMILES string of the molecule is COc1ccc(C(F)(F)F)cc1N1CCN(CCC2CCN(CC(C)O)CC2)CC1. The van der Waals surface area contributed by atoms with Crippen molar-refractivity contribution in [1.29, 1.82) is 0 Å². The summed E-state index contributed by atoms with van der Waals surface area (Å²) < 4.78 is 44.7. The number of rotatable bonds is 7. The lowest BCUT2D eigenvalue weighted by Crippen LogP contribution is -2.47. The molecule has 8 heteroatoms. The van der Waals surface area contributed by atoms with Crippen molar-refractivity contribution < 1.29 is 23.0 Å². The topological polar surface area (TPSA) is 39.2 Å². The Balaban J connectivity index is 1.46. The summed E-state index contributed by atoms with van der Waals surface area (Å²) in [7, 11) is 1.49. The van der Waals surface area contributed by atoms with Crippen LogP contribution in [0.4, 0.5) is 18.9 Å². The van der Waals surface area contributed by atoms with E-state index in [0.717, 1.165) is 57.7 Å². The maximum atomic E-state index is 13.1. The molecule has 0 bridgehead atoms. The van der Waals surface area contributed by atoms with E-state index in [2.05, 4.69) is 9.80 Å². The molecule has 1 aromatic rings. The summed E-state index contributed by atoms with van der Waals surface area (Å²) in [6, 6.07) is 3.69. The number of methoxy groups -OCH3 is 1. The van der Waals surface area contributed by atoms with Crippen molar-refractivity contribution >= 4 is 5.69 Å². The number of benzene rings is 1. The Morgan fingerprint density at radius 1 is 1.07 bits per heavy atom. The zero-order valence-electron chi connectivity index (χ0n) is 18.0. The predicted molar refractivity (Wildman–Crippen MR) is 112 cm³/mol. The monoisotopic (exact) mass is 429 g/mol. The minimum absolute atomic E-state index is 0.270. The van der Waals surface area contributed by atoms with E-state index in [1.54, 1.807) is 0 Å². The van der Waals surface area contributed by atoms with Crippen LogP contribution in [0.5, 0.6) is 5.75 Å². The van der Waals surface area contributed by atoms with Gasteiger partial charge in [-0.15, -0.1) is 0 Å². The van der Waals surface area contributed by atoms with E-state index >= 15 is 0 Å². The molecule has 1 atom stereocenters. The van der Waals surface area contributed by atoms with Gasteiger partial charge in [0.2, 0.25) is 0 Å². The molecular formula is C22H34F3N3O2. The Bertz CT molecular complexity index is 668. The second kappa shape index (κ2) is 10.2. The highest BCUT2D eigenvalue weighted by Gasteiger charge is 2.32. The molecule has 5 nitrogen and oxygen atoms in total. The number of β-amino-alcohol motifs (C(OH)–C–C–N with tert-alkyl or cyclic N) is 1. The van der Waals surface area contributed by atoms with Crippen LogP contribution in [-0.4, -0.2) is 80.5 Å². The van der Waals surface area contributed by atoms with E-state index in [4.69, 9.17) is 4.74 Å². The van der Waals surface area contributed by atoms with Gasteiger partial charge in [-0.05, 0) is 69.9 Å². The highest BCUT2D eigenvalue weighted by molar-refractivity contribution is 5.61. The third kappa shape index (κ3) is 6.25. The second-order valence-electron chi connectivity index (χ2n) is 8.59. The maximum Gasteiger partial charge on any atom is 0.416 e. The summed E-state index contributed by atoms with van der Waals surface area (Å²) in [6.07, 6.45) is -1.11. The summed E-state index contributed by atoms with van der Waals surface area (Å²) in [6.45, 7) is 8.83. The number of hydrogen-bond donors (Lipinski definition) is 1. The van der Waals surface area contributed by atoms with Crippen LogP contribution in [0, 0.1) is 5.92 Å². The average molecular weight is 430 g/mol. The zero-order chi connectivity index (χ0) is 21.7. The van der Waals surface area contributed by atoms with Gasteiger partial charge in [0.25, 0.3) is 0 Å². The molecule has 1 unspecified atom stereocenters. The Labute approximate surface area is 177 Å². The smallest absolute Gasteiger partial charge is 0.416 e. The molecule has 170 valence electrons. The van der Waals surface area contributed by atoms with Crippen molar-refractivity contribution in [3.05, 3.63) is 23.8 Å². The number of anilines is 1. The number of piperazine rings is 1. The zero-order valence-corrected chi connectivity index (χ0v) is 18.0. The van der Waals surface area contributed by atoms with Gasteiger partial charge in [0.05, 0.1) is 24.5 Å². The highest BCUT2D eigenvalue weighted by atomic mass is 19.4. The second-order valence-corrected chi connectivity index (χ2v) is 8.59. The third-order valence-electron chi connectivity index (χ3n) is 6.30. The fraction of sp³-hybridized carbons (Fsp3) is 0.727. The van der Waals surface area contributed by atoms with Crippen molar-refractivity contribution in [2.45, 2.75) is 38.5 Å². The molecule has 2 fully saturated rings. The molecule has 2 aliphatic rings.